The van der Waals surface area contributed by atoms with Gasteiger partial charge in [-0.25, -0.2) is 8.78 Å². The lowest BCUT2D eigenvalue weighted by atomic mass is 10.1. The molecule has 2 amide bonds. The Labute approximate surface area is 228 Å². The number of carbonyl (C=O) groups is 2. The highest BCUT2D eigenvalue weighted by molar-refractivity contribution is 5.96. The van der Waals surface area contributed by atoms with E-state index >= 15 is 0 Å². The van der Waals surface area contributed by atoms with Crippen LogP contribution in [0, 0.1) is 11.6 Å². The average molecular weight is 530 g/mol. The fourth-order valence-electron chi connectivity index (χ4n) is 4.41. The summed E-state index contributed by atoms with van der Waals surface area (Å²) in [5.74, 6) is -1.18. The molecule has 0 fully saturated rings. The van der Waals surface area contributed by atoms with Gasteiger partial charge in [-0.15, -0.1) is 0 Å². The van der Waals surface area contributed by atoms with Gasteiger partial charge in [-0.2, -0.15) is 0 Å². The van der Waals surface area contributed by atoms with E-state index < -0.39 is 5.82 Å². The summed E-state index contributed by atoms with van der Waals surface area (Å²) in [6.07, 6.45) is 3.56. The van der Waals surface area contributed by atoms with E-state index in [2.05, 4.69) is 0 Å². The van der Waals surface area contributed by atoms with Gasteiger partial charge in [-0.3, -0.25) is 9.59 Å². The molecule has 0 bridgehead atoms. The number of carbonyl (C=O) groups excluding carboxylic acids is 2. The molecule has 4 aromatic rings. The van der Waals surface area contributed by atoms with E-state index in [4.69, 9.17) is 0 Å². The Morgan fingerprint density at radius 2 is 1.41 bits per heavy atom. The first-order chi connectivity index (χ1) is 18.9. The molecule has 0 N–H and O–H groups in total. The molecule has 0 aliphatic heterocycles. The minimum Gasteiger partial charge on any atom is -0.345 e. The number of benzene rings is 3. The molecule has 39 heavy (non-hydrogen) atoms. The first-order valence-corrected chi connectivity index (χ1v) is 13.2. The lowest BCUT2D eigenvalue weighted by Crippen LogP contribution is -2.43. The number of nitrogens with zero attached hydrogens (tertiary/aromatic N) is 3. The predicted molar refractivity (Wildman–Crippen MR) is 148 cm³/mol. The van der Waals surface area contributed by atoms with Gasteiger partial charge in [0.05, 0.1) is 6.54 Å². The van der Waals surface area contributed by atoms with Gasteiger partial charge < -0.3 is 14.4 Å². The second kappa shape index (κ2) is 13.5. The van der Waals surface area contributed by atoms with Gasteiger partial charge in [-0.05, 0) is 66.1 Å². The first kappa shape index (κ1) is 27.8. The molecule has 0 atom stereocenters. The maximum absolute atomic E-state index is 13.8. The van der Waals surface area contributed by atoms with Crippen LogP contribution in [-0.2, 0) is 24.4 Å². The Kier molecular flexibility index (Phi) is 9.62. The van der Waals surface area contributed by atoms with Crippen molar-refractivity contribution in [2.75, 3.05) is 13.1 Å². The number of rotatable bonds is 12. The zero-order valence-electron chi connectivity index (χ0n) is 22.1. The number of halogens is 2. The monoisotopic (exact) mass is 529 g/mol. The molecule has 7 heteroatoms. The minimum absolute atomic E-state index is 0.0816. The van der Waals surface area contributed by atoms with Gasteiger partial charge in [0.1, 0.15) is 18.2 Å². The van der Waals surface area contributed by atoms with Crippen molar-refractivity contribution >= 4 is 11.8 Å². The number of aromatic nitrogens is 1. The molecule has 0 aliphatic carbocycles. The summed E-state index contributed by atoms with van der Waals surface area (Å²) < 4.78 is 28.9. The summed E-state index contributed by atoms with van der Waals surface area (Å²) in [4.78, 5) is 30.3. The Morgan fingerprint density at radius 1 is 0.744 bits per heavy atom. The molecule has 5 nitrogen and oxygen atoms in total. The van der Waals surface area contributed by atoms with Gasteiger partial charge in [-0.1, -0.05) is 55.8 Å². The number of unbranched alkanes of at least 4 members (excludes halogenated alkanes) is 1. The van der Waals surface area contributed by atoms with Crippen LogP contribution in [0.3, 0.4) is 0 Å². The molecule has 0 saturated heterocycles. The summed E-state index contributed by atoms with van der Waals surface area (Å²) in [6.45, 7) is 3.64. The van der Waals surface area contributed by atoms with Crippen LogP contribution in [0.1, 0.15) is 46.9 Å². The van der Waals surface area contributed by atoms with Gasteiger partial charge >= 0.3 is 0 Å². The van der Waals surface area contributed by atoms with Crippen molar-refractivity contribution in [3.05, 3.63) is 131 Å². The molecule has 0 saturated carbocycles. The number of hydrogen-bond donors (Lipinski definition) is 0. The molecule has 0 unspecified atom stereocenters. The molecule has 0 aliphatic rings. The smallest absolute Gasteiger partial charge is 0.254 e. The van der Waals surface area contributed by atoms with Crippen LogP contribution in [0.25, 0.3) is 0 Å². The lowest BCUT2D eigenvalue weighted by Gasteiger charge is -2.28. The van der Waals surface area contributed by atoms with E-state index in [-0.39, 0.29) is 24.2 Å². The molecule has 0 spiro atoms. The Morgan fingerprint density at radius 3 is 2.08 bits per heavy atom. The van der Waals surface area contributed by atoms with E-state index in [9.17, 15) is 18.4 Å². The Hall–Kier alpha value is -4.26. The fraction of sp³-hybridized carbons (Fsp3) is 0.250. The molecule has 1 heterocycles. The number of hydrogen-bond acceptors (Lipinski definition) is 2. The van der Waals surface area contributed by atoms with E-state index in [1.807, 2.05) is 60.2 Å². The number of amides is 2. The van der Waals surface area contributed by atoms with Crippen LogP contribution in [-0.4, -0.2) is 39.3 Å². The van der Waals surface area contributed by atoms with Gasteiger partial charge in [0.25, 0.3) is 5.91 Å². The van der Waals surface area contributed by atoms with Crippen molar-refractivity contribution in [3.8, 4) is 0 Å². The third-order valence-corrected chi connectivity index (χ3v) is 6.60. The first-order valence-electron chi connectivity index (χ1n) is 13.2. The molecule has 0 radical (unpaired) electrons. The maximum Gasteiger partial charge on any atom is 0.254 e. The van der Waals surface area contributed by atoms with Gasteiger partial charge in [0.2, 0.25) is 5.91 Å². The molecule has 1 aromatic heterocycles. The summed E-state index contributed by atoms with van der Waals surface area (Å²) >= 11 is 0. The zero-order chi connectivity index (χ0) is 27.6. The highest BCUT2D eigenvalue weighted by atomic mass is 19.1. The SMILES string of the molecule is CCCCN(CC(=O)N(Cc1ccccc1)Cc1cccn1Cc1ccc(F)cc1)C(=O)c1ccc(F)cc1. The lowest BCUT2D eigenvalue weighted by molar-refractivity contribution is -0.133. The summed E-state index contributed by atoms with van der Waals surface area (Å²) in [5.41, 5.74) is 3.20. The Bertz CT molecular complexity index is 1350. The van der Waals surface area contributed by atoms with Gasteiger partial charge in [0.15, 0.2) is 0 Å². The second-order valence-corrected chi connectivity index (χ2v) is 9.58. The fourth-order valence-corrected chi connectivity index (χ4v) is 4.41. The van der Waals surface area contributed by atoms with Crippen LogP contribution in [0.2, 0.25) is 0 Å². The third kappa shape index (κ3) is 7.87. The maximum atomic E-state index is 13.8. The normalized spacial score (nSPS) is 10.8. The van der Waals surface area contributed by atoms with Gasteiger partial charge in [0, 0.05) is 37.1 Å². The largest absolute Gasteiger partial charge is 0.345 e. The van der Waals surface area contributed by atoms with E-state index in [0.717, 1.165) is 29.7 Å². The van der Waals surface area contributed by atoms with Crippen molar-refractivity contribution in [1.29, 1.82) is 0 Å². The minimum atomic E-state index is -0.416. The van der Waals surface area contributed by atoms with E-state index in [1.54, 1.807) is 21.9 Å². The van der Waals surface area contributed by atoms with E-state index in [0.29, 0.717) is 31.7 Å². The van der Waals surface area contributed by atoms with E-state index in [1.165, 1.54) is 36.4 Å². The highest BCUT2D eigenvalue weighted by Crippen LogP contribution is 2.16. The van der Waals surface area contributed by atoms with Crippen molar-refractivity contribution in [3.63, 3.8) is 0 Å². The van der Waals surface area contributed by atoms with Crippen molar-refractivity contribution in [1.82, 2.24) is 14.4 Å². The average Bonchev–Trinajstić information content (AvgIpc) is 3.38. The van der Waals surface area contributed by atoms with Crippen LogP contribution in [0.4, 0.5) is 8.78 Å². The quantitative estimate of drug-likeness (QED) is 0.217. The van der Waals surface area contributed by atoms with Crippen LogP contribution in [0.15, 0.2) is 97.2 Å². The zero-order valence-corrected chi connectivity index (χ0v) is 22.1. The second-order valence-electron chi connectivity index (χ2n) is 9.58. The predicted octanol–water partition coefficient (Wildman–Crippen LogP) is 6.29. The third-order valence-electron chi connectivity index (χ3n) is 6.60. The van der Waals surface area contributed by atoms with Crippen molar-refractivity contribution in [2.24, 2.45) is 0 Å². The highest BCUT2D eigenvalue weighted by Gasteiger charge is 2.23. The molecule has 4 rings (SSSR count). The van der Waals surface area contributed by atoms with Crippen LogP contribution >= 0.6 is 0 Å². The molecule has 202 valence electrons. The summed E-state index contributed by atoms with van der Waals surface area (Å²) in [5, 5.41) is 0. The molecular formula is C32H33F2N3O2. The van der Waals surface area contributed by atoms with Crippen molar-refractivity contribution < 1.29 is 18.4 Å². The summed E-state index contributed by atoms with van der Waals surface area (Å²) in [6, 6.07) is 25.4. The molecule has 3 aromatic carbocycles. The standard InChI is InChI=1S/C32H33F2N3O2/c1-2-3-19-36(32(39)27-13-17-29(34)18-14-27)24-31(38)37(22-25-8-5-4-6-9-25)23-30-10-7-20-35(30)21-26-11-15-28(33)16-12-26/h4-18,20H,2-3,19,21-24H2,1H3. The molecular weight excluding hydrogens is 496 g/mol. The van der Waals surface area contributed by atoms with Crippen molar-refractivity contribution in [2.45, 2.75) is 39.4 Å². The topological polar surface area (TPSA) is 45.6 Å². The Balaban J connectivity index is 1.55. The van der Waals surface area contributed by atoms with Crippen LogP contribution in [0.5, 0.6) is 0 Å². The summed E-state index contributed by atoms with van der Waals surface area (Å²) in [7, 11) is 0. The van der Waals surface area contributed by atoms with Crippen LogP contribution < -0.4 is 0 Å².